The van der Waals surface area contributed by atoms with Crippen LogP contribution in [-0.4, -0.2) is 51.3 Å². The molecule has 1 aromatic heterocycles. The molecule has 1 saturated carbocycles. The quantitative estimate of drug-likeness (QED) is 0.569. The number of carbonyl (C=O) groups is 2. The van der Waals surface area contributed by atoms with E-state index in [9.17, 15) is 14.7 Å². The van der Waals surface area contributed by atoms with Crippen molar-refractivity contribution in [3.8, 4) is 5.88 Å². The molecule has 0 bridgehead atoms. The Kier molecular flexibility index (Phi) is 7.13. The number of benzene rings is 1. The normalized spacial score (nSPS) is 26.0. The van der Waals surface area contributed by atoms with Gasteiger partial charge in [-0.1, -0.05) is 37.3 Å². The van der Waals surface area contributed by atoms with Gasteiger partial charge in [-0.3, -0.25) is 9.69 Å². The highest BCUT2D eigenvalue weighted by Gasteiger charge is 2.43. The van der Waals surface area contributed by atoms with Gasteiger partial charge in [-0.25, -0.2) is 9.78 Å². The molecule has 2 fully saturated rings. The number of pyridine rings is 1. The Morgan fingerprint density at radius 2 is 1.94 bits per heavy atom. The lowest BCUT2D eigenvalue weighted by Crippen LogP contribution is -2.46. The minimum atomic E-state index is -0.838. The van der Waals surface area contributed by atoms with Crippen molar-refractivity contribution >= 4 is 11.9 Å². The van der Waals surface area contributed by atoms with Crippen LogP contribution in [-0.2, 0) is 6.42 Å². The number of aliphatic hydroxyl groups is 1. The van der Waals surface area contributed by atoms with Crippen molar-refractivity contribution in [2.24, 2.45) is 11.7 Å². The number of amides is 3. The zero-order valence-electron chi connectivity index (χ0n) is 18.9. The van der Waals surface area contributed by atoms with Crippen molar-refractivity contribution in [1.29, 1.82) is 0 Å². The summed E-state index contributed by atoms with van der Waals surface area (Å²) >= 11 is 0. The molecule has 0 radical (unpaired) electrons. The maximum absolute atomic E-state index is 12.7. The molecule has 1 aliphatic heterocycles. The van der Waals surface area contributed by atoms with Crippen molar-refractivity contribution in [2.45, 2.75) is 69.9 Å². The Morgan fingerprint density at radius 3 is 2.64 bits per heavy atom. The Labute approximate surface area is 194 Å². The third kappa shape index (κ3) is 5.45. The van der Waals surface area contributed by atoms with E-state index in [0.717, 1.165) is 6.42 Å². The van der Waals surface area contributed by atoms with Gasteiger partial charge in [-0.2, -0.15) is 0 Å². The van der Waals surface area contributed by atoms with E-state index in [4.69, 9.17) is 10.5 Å². The summed E-state index contributed by atoms with van der Waals surface area (Å²) in [7, 11) is 0. The highest BCUT2D eigenvalue weighted by Crippen LogP contribution is 2.31. The van der Waals surface area contributed by atoms with Crippen LogP contribution in [0.5, 0.6) is 5.88 Å². The maximum Gasteiger partial charge on any atom is 0.320 e. The van der Waals surface area contributed by atoms with Crippen LogP contribution in [0.15, 0.2) is 48.7 Å². The van der Waals surface area contributed by atoms with Gasteiger partial charge in [-0.05, 0) is 62.1 Å². The summed E-state index contributed by atoms with van der Waals surface area (Å²) in [5, 5.41) is 13.9. The summed E-state index contributed by atoms with van der Waals surface area (Å²) < 4.78 is 5.95. The minimum Gasteiger partial charge on any atom is -0.474 e. The average molecular weight is 453 g/mol. The molecule has 4 rings (SSSR count). The van der Waals surface area contributed by atoms with Gasteiger partial charge in [0.05, 0.1) is 6.04 Å². The summed E-state index contributed by atoms with van der Waals surface area (Å²) in [5.41, 5.74) is 6.93. The van der Waals surface area contributed by atoms with E-state index < -0.39 is 12.1 Å². The van der Waals surface area contributed by atoms with Gasteiger partial charge in [0.1, 0.15) is 11.7 Å². The van der Waals surface area contributed by atoms with E-state index in [-0.39, 0.29) is 35.7 Å². The van der Waals surface area contributed by atoms with E-state index in [1.54, 1.807) is 23.2 Å². The van der Waals surface area contributed by atoms with E-state index in [2.05, 4.69) is 29.4 Å². The molecule has 1 aliphatic carbocycles. The van der Waals surface area contributed by atoms with Crippen LogP contribution in [0.4, 0.5) is 4.79 Å². The highest BCUT2D eigenvalue weighted by molar-refractivity contribution is 5.94. The summed E-state index contributed by atoms with van der Waals surface area (Å²) in [5.74, 6) is 0.00492. The monoisotopic (exact) mass is 452 g/mol. The minimum absolute atomic E-state index is 0.0476. The number of aliphatic hydroxyl groups excluding tert-OH is 1. The fraction of sp³-hybridized carbons (Fsp3) is 0.480. The number of aromatic nitrogens is 1. The lowest BCUT2D eigenvalue weighted by atomic mass is 9.91. The number of nitrogens with zero attached hydrogens (tertiary/aromatic N) is 2. The van der Waals surface area contributed by atoms with Crippen molar-refractivity contribution < 1.29 is 19.4 Å². The first-order valence-electron chi connectivity index (χ1n) is 11.6. The second-order valence-corrected chi connectivity index (χ2v) is 9.18. The van der Waals surface area contributed by atoms with E-state index in [1.165, 1.54) is 5.56 Å². The molecule has 2 heterocycles. The van der Waals surface area contributed by atoms with Gasteiger partial charge < -0.3 is 20.9 Å². The van der Waals surface area contributed by atoms with Crippen LogP contribution in [0.25, 0.3) is 0 Å². The first-order valence-corrected chi connectivity index (χ1v) is 11.6. The van der Waals surface area contributed by atoms with Crippen molar-refractivity contribution in [3.63, 3.8) is 0 Å². The number of urea groups is 1. The molecule has 1 aromatic carbocycles. The van der Waals surface area contributed by atoms with Gasteiger partial charge in [0.2, 0.25) is 5.88 Å². The largest absolute Gasteiger partial charge is 0.474 e. The number of hydrogen-bond acceptors (Lipinski definition) is 5. The Morgan fingerprint density at radius 1 is 1.21 bits per heavy atom. The van der Waals surface area contributed by atoms with Gasteiger partial charge in [-0.15, -0.1) is 0 Å². The molecule has 176 valence electrons. The number of rotatable bonds is 8. The molecule has 33 heavy (non-hydrogen) atoms. The molecule has 4 N–H and O–H groups in total. The van der Waals surface area contributed by atoms with Crippen molar-refractivity contribution in [3.05, 3.63) is 59.8 Å². The Balaban J connectivity index is 1.30. The lowest BCUT2D eigenvalue weighted by molar-refractivity contribution is -0.00565. The molecule has 3 amide bonds. The van der Waals surface area contributed by atoms with Crippen LogP contribution < -0.4 is 15.8 Å². The van der Waals surface area contributed by atoms with E-state index in [0.29, 0.717) is 38.0 Å². The molecule has 0 spiro atoms. The smallest absolute Gasteiger partial charge is 0.320 e. The summed E-state index contributed by atoms with van der Waals surface area (Å²) in [6.07, 6.45) is 5.05. The Bertz CT molecular complexity index is 962. The van der Waals surface area contributed by atoms with Crippen LogP contribution in [0.3, 0.4) is 0 Å². The molecule has 3 atom stereocenters. The van der Waals surface area contributed by atoms with E-state index >= 15 is 0 Å². The van der Waals surface area contributed by atoms with Crippen molar-refractivity contribution in [2.75, 3.05) is 0 Å². The fourth-order valence-corrected chi connectivity index (χ4v) is 4.99. The third-order valence-corrected chi connectivity index (χ3v) is 6.62. The van der Waals surface area contributed by atoms with Gasteiger partial charge in [0.15, 0.2) is 6.23 Å². The summed E-state index contributed by atoms with van der Waals surface area (Å²) in [4.78, 5) is 30.0. The second kappa shape index (κ2) is 10.2. The predicted octanol–water partition coefficient (Wildman–Crippen LogP) is 2.85. The molecule has 2 aliphatic rings. The maximum atomic E-state index is 12.7. The highest BCUT2D eigenvalue weighted by atomic mass is 16.5. The van der Waals surface area contributed by atoms with Crippen molar-refractivity contribution in [1.82, 2.24) is 15.2 Å². The zero-order valence-corrected chi connectivity index (χ0v) is 18.9. The SMILES string of the molecule is CC(Cc1ccccc1)CC1NC(=O)N([C@H]2CC[C@H](Oc3ncccc3C(N)=O)CC2)C1O. The Hall–Kier alpha value is -3.13. The van der Waals surface area contributed by atoms with E-state index in [1.807, 2.05) is 18.2 Å². The molecule has 1 saturated heterocycles. The number of primary amides is 1. The topological polar surface area (TPSA) is 118 Å². The average Bonchev–Trinajstić information content (AvgIpc) is 3.08. The van der Waals surface area contributed by atoms with Crippen LogP contribution in [0.2, 0.25) is 0 Å². The number of hydrogen-bond donors (Lipinski definition) is 3. The number of nitrogens with one attached hydrogen (secondary N) is 1. The first kappa shape index (κ1) is 23.0. The molecule has 2 aromatic rings. The predicted molar refractivity (Wildman–Crippen MR) is 124 cm³/mol. The standard InChI is InChI=1S/C25H32N4O4/c1-16(14-17-6-3-2-4-7-17)15-21-24(31)29(25(32)28-21)18-9-11-19(12-10-18)33-23-20(22(26)30)8-5-13-27-23/h2-8,13,16,18-19,21,24,31H,9-12,14-15H2,1H3,(H2,26,30)(H,28,32)/t16?,18-,19-,21?,24?. The molecular weight excluding hydrogens is 420 g/mol. The molecule has 3 unspecified atom stereocenters. The summed E-state index contributed by atoms with van der Waals surface area (Å²) in [6, 6.07) is 13.0. The van der Waals surface area contributed by atoms with Crippen LogP contribution in [0, 0.1) is 5.92 Å². The summed E-state index contributed by atoms with van der Waals surface area (Å²) in [6.45, 7) is 2.15. The zero-order chi connectivity index (χ0) is 23.4. The number of nitrogens with two attached hydrogens (primary N) is 1. The van der Waals surface area contributed by atoms with Crippen LogP contribution >= 0.6 is 0 Å². The molecule has 8 heteroatoms. The first-order chi connectivity index (χ1) is 15.9. The van der Waals surface area contributed by atoms with Gasteiger partial charge in [0.25, 0.3) is 5.91 Å². The number of ether oxygens (including phenoxy) is 1. The third-order valence-electron chi connectivity index (χ3n) is 6.62. The second-order valence-electron chi connectivity index (χ2n) is 9.18. The van der Waals surface area contributed by atoms with Gasteiger partial charge in [0, 0.05) is 12.2 Å². The van der Waals surface area contributed by atoms with Crippen LogP contribution in [0.1, 0.15) is 54.9 Å². The molecule has 8 nitrogen and oxygen atoms in total. The van der Waals surface area contributed by atoms with Gasteiger partial charge >= 0.3 is 6.03 Å². The number of carbonyl (C=O) groups excluding carboxylic acids is 2. The fourth-order valence-electron chi connectivity index (χ4n) is 4.99. The lowest BCUT2D eigenvalue weighted by Gasteiger charge is -2.36. The molecular formula is C25H32N4O4.